The van der Waals surface area contributed by atoms with Crippen LogP contribution in [-0.2, 0) is 28.0 Å². The molecule has 2 amide bonds. The number of aliphatic hydroxyl groups is 1. The molecule has 4 aliphatic rings. The van der Waals surface area contributed by atoms with E-state index in [1.54, 1.807) is 19.2 Å². The van der Waals surface area contributed by atoms with Gasteiger partial charge in [-0.2, -0.15) is 12.7 Å². The van der Waals surface area contributed by atoms with Crippen molar-refractivity contribution in [2.24, 2.45) is 5.41 Å². The van der Waals surface area contributed by atoms with E-state index in [1.807, 2.05) is 12.1 Å². The number of carbonyl (C=O) groups excluding carboxylic acids is 2. The summed E-state index contributed by atoms with van der Waals surface area (Å²) >= 11 is 0. The molecule has 1 saturated carbocycles. The van der Waals surface area contributed by atoms with Crippen LogP contribution >= 0.6 is 0 Å². The minimum absolute atomic E-state index is 0.0359. The maximum atomic E-state index is 14.9. The monoisotopic (exact) mass is 662 g/mol. The van der Waals surface area contributed by atoms with Crippen LogP contribution in [0.15, 0.2) is 36.4 Å². The standard InChI is InChI=1S/C36H46N4O6S/c1-36(35(43)40-25-11-12-26(40)19-27(41)18-25)20-24-16-28(46-4)13-15-29(24)33-32(22-8-6-5-7-9-22)30-14-10-23(17-31(30)39(33)21-36)34(42)37-47(44,45)38(2)3/h10,13-17,22,25-27,41H,5-9,11-12,18-21H2,1-4H3,(H,37,42). The Morgan fingerprint density at radius 1 is 1.00 bits per heavy atom. The van der Waals surface area contributed by atoms with E-state index in [1.165, 1.54) is 26.1 Å². The summed E-state index contributed by atoms with van der Waals surface area (Å²) in [6.07, 6.45) is 8.83. The number of fused-ring (bicyclic) bond motifs is 7. The highest BCUT2D eigenvalue weighted by Crippen LogP contribution is 2.50. The predicted molar refractivity (Wildman–Crippen MR) is 181 cm³/mol. The zero-order chi connectivity index (χ0) is 33.2. The van der Waals surface area contributed by atoms with Crippen LogP contribution < -0.4 is 9.46 Å². The lowest BCUT2D eigenvalue weighted by molar-refractivity contribution is -0.148. The van der Waals surface area contributed by atoms with Crippen molar-refractivity contribution in [1.82, 2.24) is 18.5 Å². The molecule has 3 atom stereocenters. The molecule has 2 bridgehead atoms. The second-order valence-electron chi connectivity index (χ2n) is 14.6. The normalized spacial score (nSPS) is 26.2. The molecule has 3 unspecified atom stereocenters. The van der Waals surface area contributed by atoms with Crippen LogP contribution in [0.25, 0.3) is 22.2 Å². The second kappa shape index (κ2) is 11.9. The van der Waals surface area contributed by atoms with Gasteiger partial charge in [0.1, 0.15) is 5.75 Å². The molecule has 10 nitrogen and oxygen atoms in total. The first-order valence-electron chi connectivity index (χ1n) is 17.0. The van der Waals surface area contributed by atoms with Gasteiger partial charge in [0.2, 0.25) is 5.91 Å². The van der Waals surface area contributed by atoms with Crippen molar-refractivity contribution in [2.75, 3.05) is 21.2 Å². The Morgan fingerprint density at radius 3 is 2.36 bits per heavy atom. The molecule has 3 aromatic rings. The fraction of sp³-hybridized carbons (Fsp3) is 0.556. The Bertz CT molecular complexity index is 1830. The van der Waals surface area contributed by atoms with Crippen molar-refractivity contribution in [1.29, 1.82) is 0 Å². The topological polar surface area (TPSA) is 121 Å². The zero-order valence-corrected chi connectivity index (χ0v) is 28.6. The van der Waals surface area contributed by atoms with E-state index in [-0.39, 0.29) is 29.7 Å². The predicted octanol–water partition coefficient (Wildman–Crippen LogP) is 4.98. The summed E-state index contributed by atoms with van der Waals surface area (Å²) in [6.45, 7) is 2.46. The van der Waals surface area contributed by atoms with Crippen molar-refractivity contribution in [2.45, 2.75) is 102 Å². The molecule has 47 heavy (non-hydrogen) atoms. The molecule has 3 fully saturated rings. The minimum atomic E-state index is -3.98. The molecule has 2 aromatic carbocycles. The first-order chi connectivity index (χ1) is 22.4. The summed E-state index contributed by atoms with van der Waals surface area (Å²) in [5.41, 5.74) is 4.70. The number of methoxy groups -OCH3 is 1. The van der Waals surface area contributed by atoms with Crippen molar-refractivity contribution in [3.8, 4) is 17.0 Å². The van der Waals surface area contributed by atoms with Gasteiger partial charge in [-0.1, -0.05) is 25.3 Å². The number of aromatic nitrogens is 1. The van der Waals surface area contributed by atoms with Gasteiger partial charge in [-0.25, -0.2) is 4.72 Å². The summed E-state index contributed by atoms with van der Waals surface area (Å²) in [5, 5.41) is 11.6. The van der Waals surface area contributed by atoms with Gasteiger partial charge >= 0.3 is 10.2 Å². The highest BCUT2D eigenvalue weighted by Gasteiger charge is 2.49. The molecule has 3 aliphatic heterocycles. The van der Waals surface area contributed by atoms with Crippen LogP contribution in [-0.4, -0.2) is 78.5 Å². The van der Waals surface area contributed by atoms with Crippen molar-refractivity contribution in [3.63, 3.8) is 0 Å². The summed E-state index contributed by atoms with van der Waals surface area (Å²) in [5.74, 6) is 0.470. The highest BCUT2D eigenvalue weighted by molar-refractivity contribution is 7.87. The lowest BCUT2D eigenvalue weighted by atomic mass is 9.79. The number of amides is 2. The Morgan fingerprint density at radius 2 is 1.70 bits per heavy atom. The number of ether oxygens (including phenoxy) is 1. The van der Waals surface area contributed by atoms with Gasteiger partial charge in [-0.3, -0.25) is 9.59 Å². The molecule has 1 aromatic heterocycles. The lowest BCUT2D eigenvalue weighted by Gasteiger charge is -2.42. The molecule has 2 saturated heterocycles. The quantitative estimate of drug-likeness (QED) is 0.384. The highest BCUT2D eigenvalue weighted by atomic mass is 32.2. The third kappa shape index (κ3) is 5.54. The van der Waals surface area contributed by atoms with Gasteiger partial charge in [0.05, 0.1) is 24.3 Å². The van der Waals surface area contributed by atoms with Crippen molar-refractivity contribution in [3.05, 3.63) is 53.1 Å². The fourth-order valence-electron chi connectivity index (χ4n) is 8.88. The average molecular weight is 663 g/mol. The lowest BCUT2D eigenvalue weighted by Crippen LogP contribution is -2.54. The van der Waals surface area contributed by atoms with Crippen LogP contribution in [0, 0.1) is 5.41 Å². The van der Waals surface area contributed by atoms with Crippen LogP contribution in [0.3, 0.4) is 0 Å². The van der Waals surface area contributed by atoms with Crippen LogP contribution in [0.1, 0.15) is 92.1 Å². The van der Waals surface area contributed by atoms with E-state index in [9.17, 15) is 23.1 Å². The van der Waals surface area contributed by atoms with E-state index in [4.69, 9.17) is 4.74 Å². The molecule has 2 N–H and O–H groups in total. The van der Waals surface area contributed by atoms with E-state index >= 15 is 0 Å². The van der Waals surface area contributed by atoms with E-state index in [2.05, 4.69) is 33.2 Å². The Balaban J connectivity index is 1.43. The number of hydrogen-bond acceptors (Lipinski definition) is 6. The second-order valence-corrected chi connectivity index (χ2v) is 16.5. The van der Waals surface area contributed by atoms with Crippen molar-refractivity contribution < 1.29 is 27.9 Å². The average Bonchev–Trinajstić information content (AvgIpc) is 3.45. The number of rotatable bonds is 6. The van der Waals surface area contributed by atoms with E-state index in [0.29, 0.717) is 31.7 Å². The first-order valence-corrected chi connectivity index (χ1v) is 18.4. The Kier molecular flexibility index (Phi) is 8.16. The third-order valence-electron chi connectivity index (χ3n) is 11.2. The molecule has 0 spiro atoms. The molecule has 1 aliphatic carbocycles. The molecule has 7 rings (SSSR count). The number of nitrogens with zero attached hydrogens (tertiary/aromatic N) is 3. The van der Waals surface area contributed by atoms with E-state index in [0.717, 1.165) is 76.3 Å². The van der Waals surface area contributed by atoms with Crippen molar-refractivity contribution >= 4 is 32.9 Å². The molecule has 252 valence electrons. The third-order valence-corrected chi connectivity index (χ3v) is 12.6. The summed E-state index contributed by atoms with van der Waals surface area (Å²) in [7, 11) is 0.429. The van der Waals surface area contributed by atoms with Gasteiger partial charge < -0.3 is 19.3 Å². The maximum Gasteiger partial charge on any atom is 0.303 e. The smallest absolute Gasteiger partial charge is 0.303 e. The number of hydrogen-bond donors (Lipinski definition) is 2. The van der Waals surface area contributed by atoms with Gasteiger partial charge in [-0.05, 0) is 99.2 Å². The zero-order valence-electron chi connectivity index (χ0n) is 27.8. The number of benzene rings is 2. The molecule has 0 radical (unpaired) electrons. The molecular weight excluding hydrogens is 616 g/mol. The molecular formula is C36H46N4O6S. The number of piperidine rings is 1. The fourth-order valence-corrected chi connectivity index (χ4v) is 9.41. The first kappa shape index (κ1) is 32.2. The van der Waals surface area contributed by atoms with Gasteiger partial charge in [0, 0.05) is 54.8 Å². The van der Waals surface area contributed by atoms with Crippen LogP contribution in [0.2, 0.25) is 0 Å². The number of carbonyl (C=O) groups is 2. The molecule has 11 heteroatoms. The van der Waals surface area contributed by atoms with Gasteiger partial charge in [-0.15, -0.1) is 0 Å². The minimum Gasteiger partial charge on any atom is -0.497 e. The van der Waals surface area contributed by atoms with Gasteiger partial charge in [0.15, 0.2) is 0 Å². The SMILES string of the molecule is COc1ccc2c(c1)CC(C)(C(=O)N1C3CCC1CC(O)C3)Cn1c-2c(C2CCCCC2)c2ccc(C(=O)NS(=O)(=O)N(C)C)cc21. The van der Waals surface area contributed by atoms with Crippen LogP contribution in [0.5, 0.6) is 5.75 Å². The molecule has 4 heterocycles. The Labute approximate surface area is 277 Å². The summed E-state index contributed by atoms with van der Waals surface area (Å²) < 4.78 is 36.2. The van der Waals surface area contributed by atoms with Crippen LogP contribution in [0.4, 0.5) is 0 Å². The maximum absolute atomic E-state index is 14.9. The number of aliphatic hydroxyl groups excluding tert-OH is 1. The van der Waals surface area contributed by atoms with Gasteiger partial charge in [0.25, 0.3) is 5.91 Å². The number of nitrogens with one attached hydrogen (secondary N) is 1. The Hall–Kier alpha value is -3.41. The van der Waals surface area contributed by atoms with E-state index < -0.39 is 21.5 Å². The summed E-state index contributed by atoms with van der Waals surface area (Å²) in [6, 6.07) is 11.7. The largest absolute Gasteiger partial charge is 0.497 e. The summed E-state index contributed by atoms with van der Waals surface area (Å²) in [4.78, 5) is 30.3.